The first-order valence-electron chi connectivity index (χ1n) is 5.41. The normalized spacial score (nSPS) is 11.2. The molecule has 0 aliphatic heterocycles. The maximum Gasteiger partial charge on any atom is 0.0638 e. The van der Waals surface area contributed by atoms with Crippen LogP contribution in [0.2, 0.25) is 0 Å². The van der Waals surface area contributed by atoms with Gasteiger partial charge in [-0.3, -0.25) is 9.36 Å². The van der Waals surface area contributed by atoms with Crippen LogP contribution >= 0.6 is 0 Å². The topological polar surface area (TPSA) is 47.7 Å². The lowest BCUT2D eigenvalue weighted by molar-refractivity contribution is 0.628. The second-order valence-corrected chi connectivity index (χ2v) is 3.89. The number of hydrogen-bond donors (Lipinski definition) is 1. The summed E-state index contributed by atoms with van der Waals surface area (Å²) in [5.74, 6) is 0. The molecule has 0 aliphatic rings. The molecule has 5 heteroatoms. The first-order valence-corrected chi connectivity index (χ1v) is 5.41. The van der Waals surface area contributed by atoms with Crippen molar-refractivity contribution in [3.05, 3.63) is 35.9 Å². The minimum atomic E-state index is 0.174. The molecule has 2 aromatic rings. The second-order valence-electron chi connectivity index (χ2n) is 3.89. The van der Waals surface area contributed by atoms with Gasteiger partial charge in [0.1, 0.15) is 0 Å². The number of rotatable bonds is 4. The Kier molecular flexibility index (Phi) is 3.05. The average molecular weight is 219 g/mol. The van der Waals surface area contributed by atoms with Gasteiger partial charge in [0.15, 0.2) is 0 Å². The Morgan fingerprint density at radius 2 is 1.62 bits per heavy atom. The van der Waals surface area contributed by atoms with Crippen LogP contribution in [0.25, 0.3) is 0 Å². The number of nitrogens with one attached hydrogen (secondary N) is 1. The molecule has 0 radical (unpaired) electrons. The summed E-state index contributed by atoms with van der Waals surface area (Å²) in [5.41, 5.74) is 2.33. The molecular formula is C11H17N5. The Bertz CT molecular complexity index is 416. The highest BCUT2D eigenvalue weighted by molar-refractivity contribution is 5.25. The molecule has 0 unspecified atom stereocenters. The van der Waals surface area contributed by atoms with E-state index in [1.807, 2.05) is 48.2 Å². The van der Waals surface area contributed by atoms with Gasteiger partial charge in [0.25, 0.3) is 0 Å². The van der Waals surface area contributed by atoms with Crippen molar-refractivity contribution >= 4 is 0 Å². The van der Waals surface area contributed by atoms with Crippen LogP contribution in [0.3, 0.4) is 0 Å². The first kappa shape index (κ1) is 10.9. The molecule has 16 heavy (non-hydrogen) atoms. The molecule has 1 N–H and O–H groups in total. The number of hydrogen-bond acceptors (Lipinski definition) is 3. The van der Waals surface area contributed by atoms with E-state index in [1.54, 1.807) is 0 Å². The summed E-state index contributed by atoms with van der Waals surface area (Å²) in [5, 5.41) is 11.8. The summed E-state index contributed by atoms with van der Waals surface area (Å²) in [7, 11) is 3.85. The Morgan fingerprint density at radius 1 is 1.12 bits per heavy atom. The van der Waals surface area contributed by atoms with Crippen LogP contribution in [-0.2, 0) is 14.1 Å². The second kappa shape index (κ2) is 4.49. The summed E-state index contributed by atoms with van der Waals surface area (Å²) in [6.45, 7) is 3.01. The Balaban J connectivity index is 2.30. The lowest BCUT2D eigenvalue weighted by Crippen LogP contribution is -2.21. The monoisotopic (exact) mass is 219 g/mol. The molecule has 0 fully saturated rings. The van der Waals surface area contributed by atoms with Crippen molar-refractivity contribution in [2.45, 2.75) is 13.0 Å². The molecule has 2 rings (SSSR count). The summed E-state index contributed by atoms with van der Waals surface area (Å²) in [6, 6.07) is 0.174. The van der Waals surface area contributed by atoms with Crippen molar-refractivity contribution in [2.75, 3.05) is 6.54 Å². The zero-order valence-corrected chi connectivity index (χ0v) is 9.88. The van der Waals surface area contributed by atoms with E-state index in [1.165, 1.54) is 0 Å². The molecule has 86 valence electrons. The minimum absolute atomic E-state index is 0.174. The van der Waals surface area contributed by atoms with E-state index in [4.69, 9.17) is 0 Å². The fourth-order valence-electron chi connectivity index (χ4n) is 1.81. The van der Waals surface area contributed by atoms with E-state index in [0.717, 1.165) is 17.7 Å². The first-order chi connectivity index (χ1) is 7.70. The smallest absolute Gasteiger partial charge is 0.0638 e. The van der Waals surface area contributed by atoms with Crippen LogP contribution in [0.4, 0.5) is 0 Å². The van der Waals surface area contributed by atoms with E-state index >= 15 is 0 Å². The summed E-state index contributed by atoms with van der Waals surface area (Å²) in [4.78, 5) is 0. The zero-order chi connectivity index (χ0) is 11.5. The van der Waals surface area contributed by atoms with Crippen molar-refractivity contribution in [3.63, 3.8) is 0 Å². The van der Waals surface area contributed by atoms with Gasteiger partial charge in [0.05, 0.1) is 18.4 Å². The van der Waals surface area contributed by atoms with Gasteiger partial charge in [-0.05, 0) is 6.54 Å². The molecule has 0 spiro atoms. The molecule has 0 amide bonds. The van der Waals surface area contributed by atoms with Gasteiger partial charge in [0.2, 0.25) is 0 Å². The Morgan fingerprint density at radius 3 is 1.94 bits per heavy atom. The molecule has 0 aliphatic carbocycles. The molecule has 0 atom stereocenters. The van der Waals surface area contributed by atoms with E-state index in [2.05, 4.69) is 22.4 Å². The Labute approximate surface area is 95.1 Å². The van der Waals surface area contributed by atoms with Crippen molar-refractivity contribution < 1.29 is 0 Å². The third-order valence-corrected chi connectivity index (χ3v) is 2.52. The van der Waals surface area contributed by atoms with Crippen molar-refractivity contribution in [2.24, 2.45) is 14.1 Å². The maximum absolute atomic E-state index is 4.20. The van der Waals surface area contributed by atoms with Crippen LogP contribution < -0.4 is 5.32 Å². The number of aryl methyl sites for hydroxylation is 2. The average Bonchev–Trinajstić information content (AvgIpc) is 2.84. The molecule has 0 saturated carbocycles. The predicted octanol–water partition coefficient (Wildman–Crippen LogP) is 0.852. The SMILES string of the molecule is CCNC(c1cnn(C)c1)c1cnn(C)c1. The standard InChI is InChI=1S/C11H17N5/c1-4-12-11(9-5-13-15(2)7-9)10-6-14-16(3)8-10/h5-8,11-12H,4H2,1-3H3. The quantitative estimate of drug-likeness (QED) is 0.829. The van der Waals surface area contributed by atoms with Crippen molar-refractivity contribution in [1.29, 1.82) is 0 Å². The van der Waals surface area contributed by atoms with Crippen LogP contribution in [0, 0.1) is 0 Å². The van der Waals surface area contributed by atoms with Crippen molar-refractivity contribution in [3.8, 4) is 0 Å². The van der Waals surface area contributed by atoms with Crippen LogP contribution in [-0.4, -0.2) is 26.1 Å². The van der Waals surface area contributed by atoms with Gasteiger partial charge in [-0.1, -0.05) is 6.92 Å². The van der Waals surface area contributed by atoms with Gasteiger partial charge in [0, 0.05) is 37.6 Å². The molecule has 0 saturated heterocycles. The highest BCUT2D eigenvalue weighted by atomic mass is 15.3. The molecular weight excluding hydrogens is 202 g/mol. The fraction of sp³-hybridized carbons (Fsp3) is 0.455. The molecule has 0 aromatic carbocycles. The maximum atomic E-state index is 4.20. The van der Waals surface area contributed by atoms with Gasteiger partial charge >= 0.3 is 0 Å². The molecule has 2 aromatic heterocycles. The van der Waals surface area contributed by atoms with Gasteiger partial charge in [-0.2, -0.15) is 10.2 Å². The highest BCUT2D eigenvalue weighted by Gasteiger charge is 2.15. The molecule has 2 heterocycles. The molecule has 5 nitrogen and oxygen atoms in total. The van der Waals surface area contributed by atoms with E-state index < -0.39 is 0 Å². The van der Waals surface area contributed by atoms with Gasteiger partial charge in [-0.25, -0.2) is 0 Å². The largest absolute Gasteiger partial charge is 0.306 e. The lowest BCUT2D eigenvalue weighted by Gasteiger charge is -2.14. The lowest BCUT2D eigenvalue weighted by atomic mass is 10.1. The summed E-state index contributed by atoms with van der Waals surface area (Å²) >= 11 is 0. The van der Waals surface area contributed by atoms with E-state index in [9.17, 15) is 0 Å². The van der Waals surface area contributed by atoms with Gasteiger partial charge < -0.3 is 5.32 Å². The number of nitrogens with zero attached hydrogens (tertiary/aromatic N) is 4. The third kappa shape index (κ3) is 2.14. The van der Waals surface area contributed by atoms with Crippen LogP contribution in [0.15, 0.2) is 24.8 Å². The number of aromatic nitrogens is 4. The van der Waals surface area contributed by atoms with Crippen molar-refractivity contribution in [1.82, 2.24) is 24.9 Å². The highest BCUT2D eigenvalue weighted by Crippen LogP contribution is 2.20. The summed E-state index contributed by atoms with van der Waals surface area (Å²) < 4.78 is 3.63. The fourth-order valence-corrected chi connectivity index (χ4v) is 1.81. The summed E-state index contributed by atoms with van der Waals surface area (Å²) in [6.07, 6.45) is 7.83. The van der Waals surface area contributed by atoms with Gasteiger partial charge in [-0.15, -0.1) is 0 Å². The zero-order valence-electron chi connectivity index (χ0n) is 9.88. The van der Waals surface area contributed by atoms with E-state index in [-0.39, 0.29) is 6.04 Å². The predicted molar refractivity (Wildman–Crippen MR) is 61.9 cm³/mol. The minimum Gasteiger partial charge on any atom is -0.306 e. The Hall–Kier alpha value is -1.62. The third-order valence-electron chi connectivity index (χ3n) is 2.52. The van der Waals surface area contributed by atoms with Crippen LogP contribution in [0.5, 0.6) is 0 Å². The van der Waals surface area contributed by atoms with E-state index in [0.29, 0.717) is 0 Å². The molecule has 0 bridgehead atoms. The van der Waals surface area contributed by atoms with Crippen LogP contribution in [0.1, 0.15) is 24.1 Å².